The number of amides is 1. The number of aliphatic hydroxyl groups is 1. The number of benzene rings is 1. The number of carbonyl (C=O) groups is 1. The van der Waals surface area contributed by atoms with Crippen LogP contribution in [0.15, 0.2) is 53.7 Å². The van der Waals surface area contributed by atoms with Crippen molar-refractivity contribution in [2.45, 2.75) is 30.6 Å². The van der Waals surface area contributed by atoms with Crippen molar-refractivity contribution in [3.63, 3.8) is 0 Å². The summed E-state index contributed by atoms with van der Waals surface area (Å²) in [5.74, 6) is 0.757. The molecule has 2 atom stereocenters. The van der Waals surface area contributed by atoms with Crippen LogP contribution in [0, 0.1) is 0 Å². The Morgan fingerprint density at radius 2 is 2.08 bits per heavy atom. The number of aliphatic hydroxyl groups excluding tert-OH is 1. The molecule has 0 bridgehead atoms. The van der Waals surface area contributed by atoms with Gasteiger partial charge in [-0.05, 0) is 31.0 Å². The highest BCUT2D eigenvalue weighted by molar-refractivity contribution is 7.99. The van der Waals surface area contributed by atoms with E-state index in [2.05, 4.69) is 17.1 Å². The molecular formula is C20H24N2O3S. The van der Waals surface area contributed by atoms with Crippen LogP contribution in [0.3, 0.4) is 0 Å². The van der Waals surface area contributed by atoms with Gasteiger partial charge in [-0.3, -0.25) is 4.79 Å². The molecule has 1 N–H and O–H groups in total. The zero-order chi connectivity index (χ0) is 18.4. The summed E-state index contributed by atoms with van der Waals surface area (Å²) in [7, 11) is 0. The molecule has 5 nitrogen and oxygen atoms in total. The minimum Gasteiger partial charge on any atom is -0.388 e. The molecule has 2 heterocycles. The molecule has 0 aliphatic carbocycles. The molecule has 0 saturated carbocycles. The molecule has 1 aromatic heterocycles. The van der Waals surface area contributed by atoms with E-state index in [0.29, 0.717) is 25.3 Å². The van der Waals surface area contributed by atoms with Gasteiger partial charge in [-0.2, -0.15) is 0 Å². The van der Waals surface area contributed by atoms with Crippen LogP contribution < -0.4 is 0 Å². The SMILES string of the molecule is CCO[C@H]1CN(C(=O)c2cccnc2SCCc2ccccc2)C[C@@H]1O. The van der Waals surface area contributed by atoms with Crippen LogP contribution in [-0.4, -0.2) is 58.6 Å². The topological polar surface area (TPSA) is 62.7 Å². The number of hydrogen-bond donors (Lipinski definition) is 1. The summed E-state index contributed by atoms with van der Waals surface area (Å²) in [6.45, 7) is 3.13. The standard InChI is InChI=1S/C20H24N2O3S/c1-2-25-18-14-22(13-17(18)23)20(24)16-9-6-11-21-19(16)26-12-10-15-7-4-3-5-8-15/h3-9,11,17-18,23H,2,10,12-14H2,1H3/t17-,18-/m0/s1. The van der Waals surface area contributed by atoms with Crippen LogP contribution in [0.5, 0.6) is 0 Å². The van der Waals surface area contributed by atoms with Gasteiger partial charge in [-0.15, -0.1) is 11.8 Å². The summed E-state index contributed by atoms with van der Waals surface area (Å²) in [4.78, 5) is 19.0. The lowest BCUT2D eigenvalue weighted by Gasteiger charge is -2.17. The summed E-state index contributed by atoms with van der Waals surface area (Å²) in [5.41, 5.74) is 1.86. The maximum absolute atomic E-state index is 12.9. The number of carbonyl (C=O) groups excluding carboxylic acids is 1. The lowest BCUT2D eigenvalue weighted by molar-refractivity contribution is -0.00237. The average Bonchev–Trinajstić information content (AvgIpc) is 3.03. The van der Waals surface area contributed by atoms with Gasteiger partial charge in [0.15, 0.2) is 0 Å². The van der Waals surface area contributed by atoms with Crippen molar-refractivity contribution in [2.24, 2.45) is 0 Å². The van der Waals surface area contributed by atoms with Crippen LogP contribution in [0.1, 0.15) is 22.8 Å². The minimum atomic E-state index is -0.634. The van der Waals surface area contributed by atoms with Crippen LogP contribution in [0.4, 0.5) is 0 Å². The normalized spacial score (nSPS) is 19.7. The largest absolute Gasteiger partial charge is 0.388 e. The van der Waals surface area contributed by atoms with E-state index in [1.165, 1.54) is 5.56 Å². The highest BCUT2D eigenvalue weighted by atomic mass is 32.2. The van der Waals surface area contributed by atoms with Gasteiger partial charge in [-0.25, -0.2) is 4.98 Å². The summed E-state index contributed by atoms with van der Waals surface area (Å²) >= 11 is 1.59. The van der Waals surface area contributed by atoms with E-state index in [1.807, 2.05) is 25.1 Å². The Kier molecular flexibility index (Phi) is 6.66. The fourth-order valence-electron chi connectivity index (χ4n) is 3.05. The Labute approximate surface area is 158 Å². The van der Waals surface area contributed by atoms with Gasteiger partial charge in [0.2, 0.25) is 0 Å². The fraction of sp³-hybridized carbons (Fsp3) is 0.400. The van der Waals surface area contributed by atoms with E-state index < -0.39 is 6.10 Å². The maximum atomic E-state index is 12.9. The van der Waals surface area contributed by atoms with E-state index >= 15 is 0 Å². The van der Waals surface area contributed by atoms with Crippen LogP contribution >= 0.6 is 11.8 Å². The first-order valence-electron chi connectivity index (χ1n) is 8.89. The molecule has 1 saturated heterocycles. The molecular weight excluding hydrogens is 348 g/mol. The van der Waals surface area contributed by atoms with Crippen molar-refractivity contribution in [3.05, 3.63) is 59.8 Å². The molecule has 1 fully saturated rings. The summed E-state index contributed by atoms with van der Waals surface area (Å²) < 4.78 is 5.51. The summed E-state index contributed by atoms with van der Waals surface area (Å²) in [6, 6.07) is 13.9. The second kappa shape index (κ2) is 9.16. The van der Waals surface area contributed by atoms with Gasteiger partial charge in [0, 0.05) is 31.6 Å². The van der Waals surface area contributed by atoms with E-state index in [9.17, 15) is 9.90 Å². The number of hydrogen-bond acceptors (Lipinski definition) is 5. The number of nitrogens with zero attached hydrogens (tertiary/aromatic N) is 2. The second-order valence-corrected chi connectivity index (χ2v) is 7.30. The average molecular weight is 372 g/mol. The van der Waals surface area contributed by atoms with Gasteiger partial charge >= 0.3 is 0 Å². The first-order valence-corrected chi connectivity index (χ1v) is 9.88. The first kappa shape index (κ1) is 18.9. The predicted octanol–water partition coefficient (Wildman–Crippen LogP) is 2.64. The number of aromatic nitrogens is 1. The zero-order valence-corrected chi connectivity index (χ0v) is 15.7. The number of ether oxygens (including phenoxy) is 1. The fourth-order valence-corrected chi connectivity index (χ4v) is 4.03. The highest BCUT2D eigenvalue weighted by Gasteiger charge is 2.35. The molecule has 1 aliphatic heterocycles. The Bertz CT molecular complexity index is 726. The van der Waals surface area contributed by atoms with Crippen molar-refractivity contribution < 1.29 is 14.6 Å². The minimum absolute atomic E-state index is 0.0958. The van der Waals surface area contributed by atoms with E-state index in [1.54, 1.807) is 35.0 Å². The third kappa shape index (κ3) is 4.63. The molecule has 0 spiro atoms. The molecule has 138 valence electrons. The van der Waals surface area contributed by atoms with Crippen LogP contribution in [-0.2, 0) is 11.2 Å². The molecule has 3 rings (SSSR count). The Morgan fingerprint density at radius 3 is 2.85 bits per heavy atom. The number of rotatable bonds is 7. The maximum Gasteiger partial charge on any atom is 0.256 e. The van der Waals surface area contributed by atoms with Gasteiger partial charge < -0.3 is 14.7 Å². The Hall–Kier alpha value is -1.89. The van der Waals surface area contributed by atoms with Crippen molar-refractivity contribution in [1.82, 2.24) is 9.88 Å². The lowest BCUT2D eigenvalue weighted by Crippen LogP contribution is -2.30. The number of pyridine rings is 1. The molecule has 0 unspecified atom stereocenters. The van der Waals surface area contributed by atoms with Crippen molar-refractivity contribution in [1.29, 1.82) is 0 Å². The third-order valence-electron chi connectivity index (χ3n) is 4.38. The van der Waals surface area contributed by atoms with Gasteiger partial charge in [0.25, 0.3) is 5.91 Å². The van der Waals surface area contributed by atoms with E-state index in [-0.39, 0.29) is 12.0 Å². The Balaban J connectivity index is 1.64. The highest BCUT2D eigenvalue weighted by Crippen LogP contribution is 2.24. The van der Waals surface area contributed by atoms with Crippen LogP contribution in [0.2, 0.25) is 0 Å². The smallest absolute Gasteiger partial charge is 0.256 e. The number of aryl methyl sites for hydroxylation is 1. The monoisotopic (exact) mass is 372 g/mol. The van der Waals surface area contributed by atoms with E-state index in [0.717, 1.165) is 17.2 Å². The van der Waals surface area contributed by atoms with Crippen molar-refractivity contribution in [3.8, 4) is 0 Å². The quantitative estimate of drug-likeness (QED) is 0.757. The van der Waals surface area contributed by atoms with E-state index in [4.69, 9.17) is 4.74 Å². The van der Waals surface area contributed by atoms with Gasteiger partial charge in [0.05, 0.1) is 11.7 Å². The second-order valence-electron chi connectivity index (χ2n) is 6.21. The summed E-state index contributed by atoms with van der Waals surface area (Å²) in [6.07, 6.45) is 1.69. The van der Waals surface area contributed by atoms with Gasteiger partial charge in [-0.1, -0.05) is 30.3 Å². The number of β-amino-alcohol motifs (C(OH)–C–C–N with tert-alkyl or cyclic N) is 1. The zero-order valence-electron chi connectivity index (χ0n) is 14.9. The Morgan fingerprint density at radius 1 is 1.27 bits per heavy atom. The molecule has 26 heavy (non-hydrogen) atoms. The molecule has 2 aromatic rings. The molecule has 6 heteroatoms. The predicted molar refractivity (Wildman–Crippen MR) is 102 cm³/mol. The summed E-state index contributed by atoms with van der Waals surface area (Å²) in [5, 5.41) is 10.8. The van der Waals surface area contributed by atoms with Crippen molar-refractivity contribution >= 4 is 17.7 Å². The first-order chi connectivity index (χ1) is 12.7. The molecule has 1 aromatic carbocycles. The number of likely N-dealkylation sites (tertiary alicyclic amines) is 1. The molecule has 0 radical (unpaired) electrons. The van der Waals surface area contributed by atoms with Crippen LogP contribution in [0.25, 0.3) is 0 Å². The van der Waals surface area contributed by atoms with Gasteiger partial charge in [0.1, 0.15) is 11.1 Å². The molecule has 1 amide bonds. The van der Waals surface area contributed by atoms with Crippen molar-refractivity contribution in [2.75, 3.05) is 25.4 Å². The molecule has 1 aliphatic rings. The third-order valence-corrected chi connectivity index (χ3v) is 5.39. The number of thioether (sulfide) groups is 1. The lowest BCUT2D eigenvalue weighted by atomic mass is 10.2.